The molecule has 0 atom stereocenters. The molecule has 0 radical (unpaired) electrons. The van der Waals surface area contributed by atoms with Gasteiger partial charge in [0.05, 0.1) is 13.1 Å². The van der Waals surface area contributed by atoms with Crippen LogP contribution in [0.25, 0.3) is 11.2 Å². The number of pyridine rings is 1. The van der Waals surface area contributed by atoms with Crippen molar-refractivity contribution in [2.24, 2.45) is 0 Å². The summed E-state index contributed by atoms with van der Waals surface area (Å²) in [4.78, 5) is 23.9. The van der Waals surface area contributed by atoms with E-state index in [-0.39, 0.29) is 5.91 Å². The van der Waals surface area contributed by atoms with Crippen molar-refractivity contribution in [3.63, 3.8) is 0 Å². The monoisotopic (exact) mass is 399 g/mol. The second-order valence-corrected chi connectivity index (χ2v) is 7.57. The Kier molecular flexibility index (Phi) is 5.48. The number of hydrogen-bond donors (Lipinski definition) is 1. The summed E-state index contributed by atoms with van der Waals surface area (Å²) in [6.07, 6.45) is 1.77. The van der Waals surface area contributed by atoms with Gasteiger partial charge in [-0.05, 0) is 42.8 Å². The molecule has 0 saturated heterocycles. The van der Waals surface area contributed by atoms with E-state index in [9.17, 15) is 4.79 Å². The van der Waals surface area contributed by atoms with E-state index < -0.39 is 0 Å². The lowest BCUT2D eigenvalue weighted by Gasteiger charge is -2.14. The van der Waals surface area contributed by atoms with Crippen LogP contribution in [-0.4, -0.2) is 34.5 Å². The number of nitrogens with zero attached hydrogens (tertiary/aromatic N) is 4. The highest BCUT2D eigenvalue weighted by atomic mass is 16.1. The number of fused-ring (bicyclic) bond motifs is 1. The molecule has 0 aliphatic rings. The summed E-state index contributed by atoms with van der Waals surface area (Å²) < 4.78 is 2.07. The van der Waals surface area contributed by atoms with Gasteiger partial charge in [-0.25, -0.2) is 9.97 Å². The summed E-state index contributed by atoms with van der Waals surface area (Å²) in [5.74, 6) is 0.655. The molecule has 0 spiro atoms. The predicted molar refractivity (Wildman–Crippen MR) is 120 cm³/mol. The Morgan fingerprint density at radius 2 is 1.87 bits per heavy atom. The second-order valence-electron chi connectivity index (χ2n) is 7.57. The Balaban J connectivity index is 1.58. The maximum atomic E-state index is 12.7. The average molecular weight is 399 g/mol. The van der Waals surface area contributed by atoms with Gasteiger partial charge < -0.3 is 14.8 Å². The fourth-order valence-electron chi connectivity index (χ4n) is 3.37. The maximum absolute atomic E-state index is 12.7. The van der Waals surface area contributed by atoms with Crippen LogP contribution in [0.3, 0.4) is 0 Å². The standard InChI is InChI=1S/C24H25N5O/c1-17-9-11-18(12-10-17)16-29-22(27-21-8-5-13-25-23(21)29)15-26-24(30)19-6-4-7-20(14-19)28(2)3/h4-14H,15-16H2,1-3H3,(H,26,30). The van der Waals surface area contributed by atoms with Crippen molar-refractivity contribution >= 4 is 22.8 Å². The SMILES string of the molecule is Cc1ccc(Cn2c(CNC(=O)c3cccc(N(C)C)c3)nc3cccnc32)cc1. The molecule has 2 aromatic heterocycles. The van der Waals surface area contributed by atoms with E-state index in [1.54, 1.807) is 6.20 Å². The molecule has 6 heteroatoms. The van der Waals surface area contributed by atoms with Gasteiger partial charge in [0.25, 0.3) is 5.91 Å². The molecule has 4 aromatic rings. The van der Waals surface area contributed by atoms with E-state index in [4.69, 9.17) is 4.98 Å². The average Bonchev–Trinajstić information content (AvgIpc) is 3.11. The fraction of sp³-hybridized carbons (Fsp3) is 0.208. The summed E-state index contributed by atoms with van der Waals surface area (Å²) in [7, 11) is 3.91. The number of carbonyl (C=O) groups is 1. The largest absolute Gasteiger partial charge is 0.378 e. The highest BCUT2D eigenvalue weighted by molar-refractivity contribution is 5.95. The smallest absolute Gasteiger partial charge is 0.251 e. The zero-order chi connectivity index (χ0) is 21.1. The van der Waals surface area contributed by atoms with Gasteiger partial charge in [-0.2, -0.15) is 0 Å². The highest BCUT2D eigenvalue weighted by Crippen LogP contribution is 2.17. The number of carbonyl (C=O) groups excluding carboxylic acids is 1. The lowest BCUT2D eigenvalue weighted by atomic mass is 10.1. The van der Waals surface area contributed by atoms with Crippen LogP contribution < -0.4 is 10.2 Å². The molecule has 30 heavy (non-hydrogen) atoms. The third-order valence-corrected chi connectivity index (χ3v) is 5.08. The zero-order valence-corrected chi connectivity index (χ0v) is 17.5. The van der Waals surface area contributed by atoms with Crippen LogP contribution in [-0.2, 0) is 13.1 Å². The molecule has 0 bridgehead atoms. The lowest BCUT2D eigenvalue weighted by Crippen LogP contribution is -2.25. The summed E-state index contributed by atoms with van der Waals surface area (Å²) in [5, 5.41) is 3.01. The van der Waals surface area contributed by atoms with Gasteiger partial charge >= 0.3 is 0 Å². The van der Waals surface area contributed by atoms with Crippen molar-refractivity contribution in [2.75, 3.05) is 19.0 Å². The van der Waals surface area contributed by atoms with Gasteiger partial charge in [0.1, 0.15) is 11.3 Å². The molecule has 152 valence electrons. The second kappa shape index (κ2) is 8.37. The van der Waals surface area contributed by atoms with Crippen LogP contribution in [0.1, 0.15) is 27.3 Å². The number of aryl methyl sites for hydroxylation is 1. The normalized spacial score (nSPS) is 10.9. The molecule has 1 amide bonds. The number of imidazole rings is 1. The van der Waals surface area contributed by atoms with E-state index in [1.807, 2.05) is 55.4 Å². The Hall–Kier alpha value is -3.67. The fourth-order valence-corrected chi connectivity index (χ4v) is 3.37. The van der Waals surface area contributed by atoms with Crippen LogP contribution >= 0.6 is 0 Å². The summed E-state index contributed by atoms with van der Waals surface area (Å²) >= 11 is 0. The van der Waals surface area contributed by atoms with Crippen LogP contribution in [0.4, 0.5) is 5.69 Å². The van der Waals surface area contributed by atoms with Gasteiger partial charge in [-0.1, -0.05) is 35.9 Å². The Morgan fingerprint density at radius 3 is 2.63 bits per heavy atom. The van der Waals surface area contributed by atoms with Gasteiger partial charge in [0, 0.05) is 31.5 Å². The molecule has 0 saturated carbocycles. The first-order valence-electron chi connectivity index (χ1n) is 9.92. The Morgan fingerprint density at radius 1 is 1.07 bits per heavy atom. The van der Waals surface area contributed by atoms with Gasteiger partial charge in [-0.15, -0.1) is 0 Å². The predicted octanol–water partition coefficient (Wildman–Crippen LogP) is 3.78. The topological polar surface area (TPSA) is 63.1 Å². The van der Waals surface area contributed by atoms with Gasteiger partial charge in [-0.3, -0.25) is 4.79 Å². The maximum Gasteiger partial charge on any atom is 0.251 e. The summed E-state index contributed by atoms with van der Waals surface area (Å²) in [6.45, 7) is 3.05. The quantitative estimate of drug-likeness (QED) is 0.536. The van der Waals surface area contributed by atoms with Crippen molar-refractivity contribution < 1.29 is 4.79 Å². The van der Waals surface area contributed by atoms with Crippen LogP contribution in [0, 0.1) is 6.92 Å². The van der Waals surface area contributed by atoms with Crippen molar-refractivity contribution in [3.05, 3.63) is 89.4 Å². The van der Waals surface area contributed by atoms with Gasteiger partial charge in [0.15, 0.2) is 5.65 Å². The van der Waals surface area contributed by atoms with Gasteiger partial charge in [0.2, 0.25) is 0 Å². The van der Waals surface area contributed by atoms with Crippen molar-refractivity contribution in [1.29, 1.82) is 0 Å². The first kappa shape index (κ1) is 19.6. The van der Waals surface area contributed by atoms with Crippen molar-refractivity contribution in [2.45, 2.75) is 20.0 Å². The minimum Gasteiger partial charge on any atom is -0.378 e. The van der Waals surface area contributed by atoms with E-state index in [1.165, 1.54) is 5.56 Å². The first-order valence-corrected chi connectivity index (χ1v) is 9.92. The molecule has 0 aliphatic heterocycles. The molecular formula is C24H25N5O. The van der Waals surface area contributed by atoms with Crippen LogP contribution in [0.15, 0.2) is 66.9 Å². The molecule has 0 unspecified atom stereocenters. The van der Waals surface area contributed by atoms with Crippen LogP contribution in [0.2, 0.25) is 0 Å². The molecular weight excluding hydrogens is 374 g/mol. The number of hydrogen-bond acceptors (Lipinski definition) is 4. The number of amides is 1. The number of benzene rings is 2. The zero-order valence-electron chi connectivity index (χ0n) is 17.5. The van der Waals surface area contributed by atoms with E-state index in [0.29, 0.717) is 18.7 Å². The first-order chi connectivity index (χ1) is 14.5. The van der Waals surface area contributed by atoms with Crippen molar-refractivity contribution in [1.82, 2.24) is 19.9 Å². The summed E-state index contributed by atoms with van der Waals surface area (Å²) in [5.41, 5.74) is 5.64. The molecule has 0 fully saturated rings. The van der Waals surface area contributed by atoms with Crippen molar-refractivity contribution in [3.8, 4) is 0 Å². The number of anilines is 1. The molecule has 2 heterocycles. The minimum atomic E-state index is -0.124. The molecule has 6 nitrogen and oxygen atoms in total. The highest BCUT2D eigenvalue weighted by Gasteiger charge is 2.14. The van der Waals surface area contributed by atoms with E-state index in [0.717, 1.165) is 28.2 Å². The summed E-state index contributed by atoms with van der Waals surface area (Å²) in [6, 6.07) is 19.8. The number of nitrogens with one attached hydrogen (secondary N) is 1. The minimum absolute atomic E-state index is 0.124. The molecule has 4 rings (SSSR count). The lowest BCUT2D eigenvalue weighted by molar-refractivity contribution is 0.0949. The third-order valence-electron chi connectivity index (χ3n) is 5.08. The van der Waals surface area contributed by atoms with E-state index >= 15 is 0 Å². The third kappa shape index (κ3) is 4.17. The van der Waals surface area contributed by atoms with Crippen LogP contribution in [0.5, 0.6) is 0 Å². The molecule has 1 N–H and O–H groups in total. The van der Waals surface area contributed by atoms with E-state index in [2.05, 4.69) is 46.1 Å². The number of aromatic nitrogens is 3. The molecule has 2 aromatic carbocycles. The Labute approximate surface area is 176 Å². The molecule has 0 aliphatic carbocycles. The number of rotatable bonds is 6. The Bertz CT molecular complexity index is 1180.